The van der Waals surface area contributed by atoms with Crippen LogP contribution in [0.5, 0.6) is 0 Å². The normalized spacial score (nSPS) is 21.4. The summed E-state index contributed by atoms with van der Waals surface area (Å²) >= 11 is 0. The Morgan fingerprint density at radius 3 is 3.00 bits per heavy atom. The Labute approximate surface area is 86.3 Å². The molecule has 2 N–H and O–H groups in total. The zero-order valence-electron chi connectivity index (χ0n) is 8.92. The van der Waals surface area contributed by atoms with E-state index in [0.717, 1.165) is 12.8 Å². The summed E-state index contributed by atoms with van der Waals surface area (Å²) in [5.41, 5.74) is 10.5. The fourth-order valence-corrected chi connectivity index (χ4v) is 2.27. The monoisotopic (exact) mass is 189 g/mol. The van der Waals surface area contributed by atoms with Gasteiger partial charge in [0, 0.05) is 6.04 Å². The number of nitrogens with two attached hydrogens (primary N) is 1. The highest BCUT2D eigenvalue weighted by atomic mass is 14.6. The van der Waals surface area contributed by atoms with Crippen LogP contribution in [0.4, 0.5) is 0 Å². The van der Waals surface area contributed by atoms with E-state index in [0.29, 0.717) is 0 Å². The summed E-state index contributed by atoms with van der Waals surface area (Å²) in [7, 11) is 0. The van der Waals surface area contributed by atoms with Crippen LogP contribution in [-0.2, 0) is 12.8 Å². The molecule has 0 saturated heterocycles. The van der Waals surface area contributed by atoms with Crippen molar-refractivity contribution in [1.29, 1.82) is 0 Å². The fourth-order valence-electron chi connectivity index (χ4n) is 2.27. The molecule has 1 nitrogen and oxygen atoms in total. The lowest BCUT2D eigenvalue weighted by Gasteiger charge is -2.13. The lowest BCUT2D eigenvalue weighted by atomic mass is 9.96. The predicted octanol–water partition coefficient (Wildman–Crippen LogP) is 2.98. The molecule has 0 heterocycles. The van der Waals surface area contributed by atoms with E-state index in [4.69, 9.17) is 5.73 Å². The van der Waals surface area contributed by atoms with Crippen LogP contribution in [0.2, 0.25) is 0 Å². The molecule has 0 bridgehead atoms. The molecule has 14 heavy (non-hydrogen) atoms. The van der Waals surface area contributed by atoms with Crippen LogP contribution in [0.15, 0.2) is 18.2 Å². The van der Waals surface area contributed by atoms with Crippen molar-refractivity contribution in [3.8, 4) is 0 Å². The van der Waals surface area contributed by atoms with Crippen molar-refractivity contribution < 1.29 is 0 Å². The van der Waals surface area contributed by atoms with Crippen molar-refractivity contribution in [3.05, 3.63) is 34.9 Å². The Bertz CT molecular complexity index is 317. The standard InChI is InChI=1S/C13H19N/c1-2-10-7-8-11-5-3-4-6-13(14)12(11)9-10/h7-9,13H,2-6,14H2,1H3. The van der Waals surface area contributed by atoms with E-state index < -0.39 is 0 Å². The first-order valence-electron chi connectivity index (χ1n) is 5.68. The lowest BCUT2D eigenvalue weighted by Crippen LogP contribution is -2.10. The first-order valence-corrected chi connectivity index (χ1v) is 5.68. The van der Waals surface area contributed by atoms with Crippen molar-refractivity contribution in [2.45, 2.75) is 45.1 Å². The van der Waals surface area contributed by atoms with Crippen molar-refractivity contribution >= 4 is 0 Å². The zero-order valence-corrected chi connectivity index (χ0v) is 8.92. The third-order valence-electron chi connectivity index (χ3n) is 3.23. The Morgan fingerprint density at radius 2 is 2.21 bits per heavy atom. The molecule has 1 aromatic rings. The molecular formula is C13H19N. The summed E-state index contributed by atoms with van der Waals surface area (Å²) in [5, 5.41) is 0. The lowest BCUT2D eigenvalue weighted by molar-refractivity contribution is 0.615. The highest BCUT2D eigenvalue weighted by Crippen LogP contribution is 2.27. The minimum atomic E-state index is 0.277. The van der Waals surface area contributed by atoms with E-state index in [1.807, 2.05) is 0 Å². The summed E-state index contributed by atoms with van der Waals surface area (Å²) in [6.45, 7) is 2.20. The van der Waals surface area contributed by atoms with Crippen LogP contribution in [0.1, 0.15) is 48.9 Å². The van der Waals surface area contributed by atoms with Gasteiger partial charge in [-0.15, -0.1) is 0 Å². The van der Waals surface area contributed by atoms with Crippen LogP contribution in [-0.4, -0.2) is 0 Å². The molecule has 0 aliphatic heterocycles. The van der Waals surface area contributed by atoms with Crippen LogP contribution in [0, 0.1) is 0 Å². The van der Waals surface area contributed by atoms with Crippen LogP contribution >= 0.6 is 0 Å². The SMILES string of the molecule is CCc1ccc2c(c1)C(N)CCCC2. The molecule has 1 aliphatic rings. The van der Waals surface area contributed by atoms with Gasteiger partial charge >= 0.3 is 0 Å². The van der Waals surface area contributed by atoms with Gasteiger partial charge in [-0.25, -0.2) is 0 Å². The summed E-state index contributed by atoms with van der Waals surface area (Å²) in [6, 6.07) is 7.11. The third-order valence-corrected chi connectivity index (χ3v) is 3.23. The first kappa shape index (κ1) is 9.72. The highest BCUT2D eigenvalue weighted by Gasteiger charge is 2.14. The molecule has 1 atom stereocenters. The van der Waals surface area contributed by atoms with Crippen LogP contribution in [0.3, 0.4) is 0 Å². The Morgan fingerprint density at radius 1 is 1.36 bits per heavy atom. The van der Waals surface area contributed by atoms with Crippen molar-refractivity contribution in [2.75, 3.05) is 0 Å². The summed E-state index contributed by atoms with van der Waals surface area (Å²) in [4.78, 5) is 0. The Balaban J connectivity index is 2.39. The number of aryl methyl sites for hydroxylation is 2. The highest BCUT2D eigenvalue weighted by molar-refractivity contribution is 5.35. The molecule has 1 unspecified atom stereocenters. The maximum atomic E-state index is 6.17. The molecule has 0 fully saturated rings. The number of hydrogen-bond donors (Lipinski definition) is 1. The number of rotatable bonds is 1. The van der Waals surface area contributed by atoms with E-state index in [-0.39, 0.29) is 6.04 Å². The van der Waals surface area contributed by atoms with Crippen LogP contribution in [0.25, 0.3) is 0 Å². The molecule has 0 radical (unpaired) electrons. The second-order valence-corrected chi connectivity index (χ2v) is 4.24. The van der Waals surface area contributed by atoms with E-state index in [2.05, 4.69) is 25.1 Å². The summed E-state index contributed by atoms with van der Waals surface area (Å²) in [5.74, 6) is 0. The number of hydrogen-bond acceptors (Lipinski definition) is 1. The van der Waals surface area contributed by atoms with Gasteiger partial charge in [0.15, 0.2) is 0 Å². The van der Waals surface area contributed by atoms with Crippen molar-refractivity contribution in [3.63, 3.8) is 0 Å². The minimum absolute atomic E-state index is 0.277. The predicted molar refractivity (Wildman–Crippen MR) is 60.3 cm³/mol. The quantitative estimate of drug-likeness (QED) is 0.675. The summed E-state index contributed by atoms with van der Waals surface area (Å²) in [6.07, 6.45) is 6.05. The number of fused-ring (bicyclic) bond motifs is 1. The minimum Gasteiger partial charge on any atom is -0.324 e. The zero-order chi connectivity index (χ0) is 9.97. The van der Waals surface area contributed by atoms with Gasteiger partial charge in [0.25, 0.3) is 0 Å². The average Bonchev–Trinajstić information content (AvgIpc) is 2.40. The molecular weight excluding hydrogens is 170 g/mol. The molecule has 2 rings (SSSR count). The molecule has 1 heteroatoms. The topological polar surface area (TPSA) is 26.0 Å². The Hall–Kier alpha value is -0.820. The van der Waals surface area contributed by atoms with Crippen molar-refractivity contribution in [1.82, 2.24) is 0 Å². The summed E-state index contributed by atoms with van der Waals surface area (Å²) < 4.78 is 0. The van der Waals surface area contributed by atoms with E-state index in [1.54, 1.807) is 0 Å². The molecule has 1 aliphatic carbocycles. The van der Waals surface area contributed by atoms with Gasteiger partial charge in [0.2, 0.25) is 0 Å². The van der Waals surface area contributed by atoms with E-state index in [1.165, 1.54) is 36.0 Å². The van der Waals surface area contributed by atoms with Gasteiger partial charge in [0.1, 0.15) is 0 Å². The smallest absolute Gasteiger partial charge is 0.0297 e. The van der Waals surface area contributed by atoms with Crippen LogP contribution < -0.4 is 5.73 Å². The van der Waals surface area contributed by atoms with E-state index >= 15 is 0 Å². The first-order chi connectivity index (χ1) is 6.81. The van der Waals surface area contributed by atoms with Gasteiger partial charge in [-0.05, 0) is 42.4 Å². The van der Waals surface area contributed by atoms with Gasteiger partial charge in [-0.2, -0.15) is 0 Å². The Kier molecular flexibility index (Phi) is 2.87. The molecule has 0 aromatic heterocycles. The third kappa shape index (κ3) is 1.83. The maximum Gasteiger partial charge on any atom is 0.0297 e. The molecule has 0 amide bonds. The van der Waals surface area contributed by atoms with E-state index in [9.17, 15) is 0 Å². The molecule has 0 saturated carbocycles. The number of benzene rings is 1. The van der Waals surface area contributed by atoms with Gasteiger partial charge in [0.05, 0.1) is 0 Å². The maximum absolute atomic E-state index is 6.17. The van der Waals surface area contributed by atoms with Crippen molar-refractivity contribution in [2.24, 2.45) is 5.73 Å². The van der Waals surface area contributed by atoms with Gasteiger partial charge < -0.3 is 5.73 Å². The van der Waals surface area contributed by atoms with Gasteiger partial charge in [-0.1, -0.05) is 31.5 Å². The molecule has 76 valence electrons. The average molecular weight is 189 g/mol. The fraction of sp³-hybridized carbons (Fsp3) is 0.538. The molecule has 1 aromatic carbocycles. The second kappa shape index (κ2) is 4.14. The molecule has 0 spiro atoms. The van der Waals surface area contributed by atoms with Gasteiger partial charge in [-0.3, -0.25) is 0 Å². The largest absolute Gasteiger partial charge is 0.324 e. The second-order valence-electron chi connectivity index (χ2n) is 4.24.